The van der Waals surface area contributed by atoms with Gasteiger partial charge in [-0.05, 0) is 42.8 Å². The van der Waals surface area contributed by atoms with Crippen molar-refractivity contribution in [2.24, 2.45) is 0 Å². The second-order valence-corrected chi connectivity index (χ2v) is 5.50. The maximum absolute atomic E-state index is 13.5. The van der Waals surface area contributed by atoms with Gasteiger partial charge in [-0.1, -0.05) is 15.9 Å². The van der Waals surface area contributed by atoms with Crippen LogP contribution in [0.5, 0.6) is 0 Å². The average molecular weight is 355 g/mol. The maximum atomic E-state index is 13.5. The number of rotatable bonds is 3. The Hall–Kier alpha value is -1.95. The molecule has 0 spiro atoms. The number of hydrogen-bond acceptors (Lipinski definition) is 2. The summed E-state index contributed by atoms with van der Waals surface area (Å²) in [7, 11) is 0. The molecule has 1 amide bonds. The Bertz CT molecular complexity index is 704. The van der Waals surface area contributed by atoms with Crippen molar-refractivity contribution in [3.05, 3.63) is 63.1 Å². The van der Waals surface area contributed by atoms with Gasteiger partial charge in [0.25, 0.3) is 5.91 Å². The number of nitrogen functional groups attached to an aromatic ring is 1. The quantitative estimate of drug-likeness (QED) is 0.828. The Morgan fingerprint density at radius 3 is 2.71 bits per heavy atom. The number of benzene rings is 2. The molecule has 2 rings (SSSR count). The summed E-state index contributed by atoms with van der Waals surface area (Å²) >= 11 is 3.26. The van der Waals surface area contributed by atoms with Crippen LogP contribution in [0.25, 0.3) is 0 Å². The van der Waals surface area contributed by atoms with Gasteiger partial charge in [0, 0.05) is 27.8 Å². The minimum atomic E-state index is -0.567. The van der Waals surface area contributed by atoms with Crippen LogP contribution < -0.4 is 11.1 Å². The first kappa shape index (κ1) is 15.4. The van der Waals surface area contributed by atoms with Crippen LogP contribution >= 0.6 is 15.9 Å². The molecule has 0 aliphatic heterocycles. The Kier molecular flexibility index (Phi) is 4.57. The molecule has 0 aliphatic rings. The first-order valence-electron chi connectivity index (χ1n) is 6.16. The van der Waals surface area contributed by atoms with Crippen molar-refractivity contribution in [3.63, 3.8) is 0 Å². The van der Waals surface area contributed by atoms with Crippen LogP contribution in [0.2, 0.25) is 0 Å². The number of carbonyl (C=O) groups excluding carboxylic acids is 1. The van der Waals surface area contributed by atoms with Gasteiger partial charge in [0.05, 0.1) is 0 Å². The van der Waals surface area contributed by atoms with Gasteiger partial charge in [-0.25, -0.2) is 8.78 Å². The Balaban J connectivity index is 2.17. The minimum Gasteiger partial charge on any atom is -0.398 e. The van der Waals surface area contributed by atoms with Crippen LogP contribution in [0.3, 0.4) is 0 Å². The molecule has 2 aromatic carbocycles. The van der Waals surface area contributed by atoms with Gasteiger partial charge < -0.3 is 11.1 Å². The first-order chi connectivity index (χ1) is 9.88. The lowest BCUT2D eigenvalue weighted by Gasteiger charge is -2.11. The van der Waals surface area contributed by atoms with Gasteiger partial charge in [-0.15, -0.1) is 0 Å². The van der Waals surface area contributed by atoms with E-state index in [0.29, 0.717) is 21.3 Å². The number of hydrogen-bond donors (Lipinski definition) is 2. The molecular weight excluding hydrogens is 342 g/mol. The van der Waals surface area contributed by atoms with Crippen LogP contribution in [0.15, 0.2) is 34.8 Å². The van der Waals surface area contributed by atoms with Crippen LogP contribution in [0.1, 0.15) is 21.5 Å². The molecule has 0 saturated heterocycles. The molecule has 0 saturated carbocycles. The standard InChI is InChI=1S/C15H13BrF2N2O/c1-8-12(5-10(16)6-14(8)19)15(21)20-7-9-4-11(17)2-3-13(9)18/h2-6H,7,19H2,1H3,(H,20,21). The number of amides is 1. The molecule has 21 heavy (non-hydrogen) atoms. The summed E-state index contributed by atoms with van der Waals surface area (Å²) in [5, 5.41) is 2.56. The summed E-state index contributed by atoms with van der Waals surface area (Å²) in [5.41, 5.74) is 7.38. The fraction of sp³-hybridized carbons (Fsp3) is 0.133. The van der Waals surface area contributed by atoms with Gasteiger partial charge in [-0.3, -0.25) is 4.79 Å². The molecule has 0 fully saturated rings. The number of nitrogens with two attached hydrogens (primary N) is 1. The highest BCUT2D eigenvalue weighted by molar-refractivity contribution is 9.10. The van der Waals surface area contributed by atoms with E-state index in [4.69, 9.17) is 5.73 Å². The van der Waals surface area contributed by atoms with E-state index >= 15 is 0 Å². The smallest absolute Gasteiger partial charge is 0.251 e. The predicted molar refractivity (Wildman–Crippen MR) is 80.8 cm³/mol. The van der Waals surface area contributed by atoms with E-state index in [1.807, 2.05) is 0 Å². The summed E-state index contributed by atoms with van der Waals surface area (Å²) in [4.78, 5) is 12.1. The zero-order valence-corrected chi connectivity index (χ0v) is 12.8. The molecule has 0 aromatic heterocycles. The topological polar surface area (TPSA) is 55.1 Å². The molecule has 6 heteroatoms. The van der Waals surface area contributed by atoms with Crippen LogP contribution in [-0.4, -0.2) is 5.91 Å². The Morgan fingerprint density at radius 2 is 2.00 bits per heavy atom. The highest BCUT2D eigenvalue weighted by atomic mass is 79.9. The number of anilines is 1. The average Bonchev–Trinajstić information content (AvgIpc) is 2.43. The molecule has 2 aromatic rings. The van der Waals surface area contributed by atoms with Crippen molar-refractivity contribution in [1.29, 1.82) is 0 Å². The van der Waals surface area contributed by atoms with E-state index < -0.39 is 17.5 Å². The van der Waals surface area contributed by atoms with Crippen LogP contribution in [-0.2, 0) is 6.54 Å². The second kappa shape index (κ2) is 6.22. The summed E-state index contributed by atoms with van der Waals surface area (Å²) in [6.07, 6.45) is 0. The van der Waals surface area contributed by atoms with E-state index in [-0.39, 0.29) is 12.1 Å². The first-order valence-corrected chi connectivity index (χ1v) is 6.95. The van der Waals surface area contributed by atoms with Crippen molar-refractivity contribution in [1.82, 2.24) is 5.32 Å². The molecule has 0 bridgehead atoms. The lowest BCUT2D eigenvalue weighted by Crippen LogP contribution is -2.24. The van der Waals surface area contributed by atoms with Crippen molar-refractivity contribution in [2.75, 3.05) is 5.73 Å². The van der Waals surface area contributed by atoms with Gasteiger partial charge in [0.1, 0.15) is 11.6 Å². The Labute approximate surface area is 129 Å². The lowest BCUT2D eigenvalue weighted by atomic mass is 10.1. The minimum absolute atomic E-state index is 0.0870. The number of halogens is 3. The maximum Gasteiger partial charge on any atom is 0.251 e. The third kappa shape index (κ3) is 3.58. The molecule has 0 aliphatic carbocycles. The molecule has 3 nitrogen and oxygen atoms in total. The molecule has 3 N–H and O–H groups in total. The third-order valence-corrected chi connectivity index (χ3v) is 3.56. The fourth-order valence-corrected chi connectivity index (χ4v) is 2.36. The van der Waals surface area contributed by atoms with E-state index in [0.717, 1.165) is 18.2 Å². The number of nitrogens with one attached hydrogen (secondary N) is 1. The zero-order valence-electron chi connectivity index (χ0n) is 11.2. The van der Waals surface area contributed by atoms with E-state index in [2.05, 4.69) is 21.2 Å². The lowest BCUT2D eigenvalue weighted by molar-refractivity contribution is 0.0950. The third-order valence-electron chi connectivity index (χ3n) is 3.10. The summed E-state index contributed by atoms with van der Waals surface area (Å²) in [6, 6.07) is 6.43. The van der Waals surface area contributed by atoms with Crippen molar-refractivity contribution in [3.8, 4) is 0 Å². The highest BCUT2D eigenvalue weighted by Gasteiger charge is 2.13. The van der Waals surface area contributed by atoms with E-state index in [1.165, 1.54) is 0 Å². The fourth-order valence-electron chi connectivity index (χ4n) is 1.89. The summed E-state index contributed by atoms with van der Waals surface area (Å²) < 4.78 is 27.2. The SMILES string of the molecule is Cc1c(N)cc(Br)cc1C(=O)NCc1cc(F)ccc1F. The molecule has 0 atom stereocenters. The predicted octanol–water partition coefficient (Wildman–Crippen LogP) is 3.55. The molecule has 0 unspecified atom stereocenters. The van der Waals surface area contributed by atoms with E-state index in [1.54, 1.807) is 19.1 Å². The van der Waals surface area contributed by atoms with Gasteiger partial charge in [0.15, 0.2) is 0 Å². The molecular formula is C15H13BrF2N2O. The zero-order chi connectivity index (χ0) is 15.6. The second-order valence-electron chi connectivity index (χ2n) is 4.59. The molecule has 0 heterocycles. The van der Waals surface area contributed by atoms with Crippen LogP contribution in [0.4, 0.5) is 14.5 Å². The van der Waals surface area contributed by atoms with Crippen molar-refractivity contribution in [2.45, 2.75) is 13.5 Å². The summed E-state index contributed by atoms with van der Waals surface area (Å²) in [5.74, 6) is -1.52. The largest absolute Gasteiger partial charge is 0.398 e. The Morgan fingerprint density at radius 1 is 1.29 bits per heavy atom. The van der Waals surface area contributed by atoms with Gasteiger partial charge >= 0.3 is 0 Å². The van der Waals surface area contributed by atoms with Gasteiger partial charge in [-0.2, -0.15) is 0 Å². The summed E-state index contributed by atoms with van der Waals surface area (Å²) in [6.45, 7) is 1.62. The van der Waals surface area contributed by atoms with Gasteiger partial charge in [0.2, 0.25) is 0 Å². The monoisotopic (exact) mass is 354 g/mol. The van der Waals surface area contributed by atoms with Crippen molar-refractivity contribution >= 4 is 27.5 Å². The highest BCUT2D eigenvalue weighted by Crippen LogP contribution is 2.22. The molecule has 0 radical (unpaired) electrons. The number of carbonyl (C=O) groups is 1. The normalized spacial score (nSPS) is 10.5. The molecule has 110 valence electrons. The van der Waals surface area contributed by atoms with Crippen molar-refractivity contribution < 1.29 is 13.6 Å². The van der Waals surface area contributed by atoms with Crippen LogP contribution in [0, 0.1) is 18.6 Å². The van der Waals surface area contributed by atoms with E-state index in [9.17, 15) is 13.6 Å².